The van der Waals surface area contributed by atoms with Gasteiger partial charge in [0.25, 0.3) is 0 Å². The van der Waals surface area contributed by atoms with Crippen molar-refractivity contribution in [2.75, 3.05) is 26.2 Å². The molecule has 1 aromatic heterocycles. The summed E-state index contributed by atoms with van der Waals surface area (Å²) in [6.45, 7) is 3.15. The predicted molar refractivity (Wildman–Crippen MR) is 80.1 cm³/mol. The summed E-state index contributed by atoms with van der Waals surface area (Å²) in [4.78, 5) is 15.1. The topological polar surface area (TPSA) is 52.6 Å². The summed E-state index contributed by atoms with van der Waals surface area (Å²) in [7, 11) is 0. The average Bonchev–Trinajstić information content (AvgIpc) is 2.83. The zero-order chi connectivity index (χ0) is 13.7. The van der Waals surface area contributed by atoms with Crippen LogP contribution in [0.4, 0.5) is 0 Å². The minimum atomic E-state index is 0.0759. The molecule has 0 saturated carbocycles. The summed E-state index contributed by atoms with van der Waals surface area (Å²) in [5, 5.41) is 14.0. The summed E-state index contributed by atoms with van der Waals surface area (Å²) in [5.74, 6) is 0.495. The normalized spacial score (nSPS) is 17.6. The van der Waals surface area contributed by atoms with Crippen LogP contribution in [-0.2, 0) is 11.3 Å². The van der Waals surface area contributed by atoms with Crippen LogP contribution in [0.25, 0.3) is 0 Å². The van der Waals surface area contributed by atoms with E-state index in [1.165, 1.54) is 0 Å². The van der Waals surface area contributed by atoms with Gasteiger partial charge in [0, 0.05) is 21.3 Å². The molecule has 1 aliphatic heterocycles. The number of carbonyl (C=O) groups excluding carboxylic acids is 1. The van der Waals surface area contributed by atoms with E-state index in [2.05, 4.69) is 26.1 Å². The number of rotatable bonds is 5. The van der Waals surface area contributed by atoms with Crippen LogP contribution in [0, 0.1) is 5.92 Å². The highest BCUT2D eigenvalue weighted by molar-refractivity contribution is 9.10. The molecule has 1 aromatic rings. The van der Waals surface area contributed by atoms with Gasteiger partial charge >= 0.3 is 0 Å². The first kappa shape index (κ1) is 15.0. The van der Waals surface area contributed by atoms with Crippen molar-refractivity contribution in [3.8, 4) is 0 Å². The molecule has 2 rings (SSSR count). The van der Waals surface area contributed by atoms with Gasteiger partial charge in [0.2, 0.25) is 5.91 Å². The number of hydrogen-bond donors (Lipinski definition) is 2. The van der Waals surface area contributed by atoms with E-state index < -0.39 is 0 Å². The first-order chi connectivity index (χ1) is 9.17. The van der Waals surface area contributed by atoms with Crippen molar-refractivity contribution < 1.29 is 9.90 Å². The van der Waals surface area contributed by atoms with Gasteiger partial charge in [-0.15, -0.1) is 11.3 Å². The third-order valence-electron chi connectivity index (χ3n) is 3.41. The Bertz CT molecular complexity index is 417. The molecule has 106 valence electrons. The van der Waals surface area contributed by atoms with Gasteiger partial charge in [0.15, 0.2) is 0 Å². The van der Waals surface area contributed by atoms with Crippen molar-refractivity contribution >= 4 is 33.2 Å². The van der Waals surface area contributed by atoms with Gasteiger partial charge in [-0.05, 0) is 53.8 Å². The fraction of sp³-hybridized carbons (Fsp3) is 0.615. The minimum absolute atomic E-state index is 0.0759. The summed E-state index contributed by atoms with van der Waals surface area (Å²) >= 11 is 5.04. The number of thiophene rings is 1. The quantitative estimate of drug-likeness (QED) is 0.855. The van der Waals surface area contributed by atoms with Crippen LogP contribution in [-0.4, -0.2) is 42.2 Å². The van der Waals surface area contributed by atoms with E-state index in [0.29, 0.717) is 19.0 Å². The molecular formula is C13H19BrN2O2S. The molecule has 6 heteroatoms. The number of hydrogen-bond acceptors (Lipinski definition) is 4. The summed E-state index contributed by atoms with van der Waals surface area (Å²) in [5.41, 5.74) is 0. The lowest BCUT2D eigenvalue weighted by Gasteiger charge is -2.30. The van der Waals surface area contributed by atoms with Gasteiger partial charge in [0.05, 0.1) is 13.1 Å². The second-order valence-electron chi connectivity index (χ2n) is 4.91. The van der Waals surface area contributed by atoms with Gasteiger partial charge in [-0.3, -0.25) is 9.69 Å². The standard InChI is InChI=1S/C13H19BrN2O2S/c14-11-5-12(19-9-11)6-15-13(18)7-16-3-1-10(8-17)2-4-16/h5,9-10,17H,1-4,6-8H2,(H,15,18). The highest BCUT2D eigenvalue weighted by atomic mass is 79.9. The number of nitrogens with one attached hydrogen (secondary N) is 1. The molecule has 0 bridgehead atoms. The maximum atomic E-state index is 11.8. The van der Waals surface area contributed by atoms with Crippen LogP contribution < -0.4 is 5.32 Å². The fourth-order valence-electron chi connectivity index (χ4n) is 2.22. The van der Waals surface area contributed by atoms with Crippen LogP contribution in [0.5, 0.6) is 0 Å². The van der Waals surface area contributed by atoms with Crippen LogP contribution in [0.1, 0.15) is 17.7 Å². The molecule has 2 N–H and O–H groups in total. The fourth-order valence-corrected chi connectivity index (χ4v) is 3.61. The number of amides is 1. The molecular weight excluding hydrogens is 328 g/mol. The zero-order valence-electron chi connectivity index (χ0n) is 10.8. The van der Waals surface area contributed by atoms with E-state index in [0.717, 1.165) is 35.3 Å². The lowest BCUT2D eigenvalue weighted by Crippen LogP contribution is -2.41. The SMILES string of the molecule is O=C(CN1CCC(CO)CC1)NCc1cc(Br)cs1. The molecule has 0 atom stereocenters. The zero-order valence-corrected chi connectivity index (χ0v) is 13.2. The molecule has 1 amide bonds. The lowest BCUT2D eigenvalue weighted by molar-refractivity contribution is -0.122. The van der Waals surface area contributed by atoms with Crippen LogP contribution in [0.15, 0.2) is 15.9 Å². The molecule has 0 aromatic carbocycles. The Hall–Kier alpha value is -0.430. The first-order valence-electron chi connectivity index (χ1n) is 6.50. The predicted octanol–water partition coefficient (Wildman–Crippen LogP) is 1.83. The second kappa shape index (κ2) is 7.38. The largest absolute Gasteiger partial charge is 0.396 e. The number of carbonyl (C=O) groups is 1. The van der Waals surface area contributed by atoms with E-state index in [9.17, 15) is 4.79 Å². The van der Waals surface area contributed by atoms with Crippen molar-refractivity contribution in [3.05, 3.63) is 20.8 Å². The summed E-state index contributed by atoms with van der Waals surface area (Å²) < 4.78 is 1.06. The second-order valence-corrected chi connectivity index (χ2v) is 6.82. The highest BCUT2D eigenvalue weighted by Crippen LogP contribution is 2.19. The van der Waals surface area contributed by atoms with Gasteiger partial charge < -0.3 is 10.4 Å². The Kier molecular flexibility index (Phi) is 5.81. The van der Waals surface area contributed by atoms with E-state index in [1.807, 2.05) is 11.4 Å². The monoisotopic (exact) mass is 346 g/mol. The van der Waals surface area contributed by atoms with Gasteiger partial charge in [-0.2, -0.15) is 0 Å². The Morgan fingerprint density at radius 1 is 1.53 bits per heavy atom. The van der Waals surface area contributed by atoms with Crippen LogP contribution in [0.2, 0.25) is 0 Å². The molecule has 4 nitrogen and oxygen atoms in total. The van der Waals surface area contributed by atoms with Gasteiger partial charge in [0.1, 0.15) is 0 Å². The summed E-state index contributed by atoms with van der Waals surface area (Å²) in [6, 6.07) is 2.03. The smallest absolute Gasteiger partial charge is 0.234 e. The van der Waals surface area contributed by atoms with Gasteiger partial charge in [-0.1, -0.05) is 0 Å². The molecule has 0 unspecified atom stereocenters. The van der Waals surface area contributed by atoms with Crippen molar-refractivity contribution in [1.29, 1.82) is 0 Å². The van der Waals surface area contributed by atoms with Crippen molar-refractivity contribution in [2.45, 2.75) is 19.4 Å². The maximum absolute atomic E-state index is 11.8. The minimum Gasteiger partial charge on any atom is -0.396 e. The lowest BCUT2D eigenvalue weighted by atomic mass is 9.98. The number of piperidine rings is 1. The molecule has 1 fully saturated rings. The van der Waals surface area contributed by atoms with Crippen LogP contribution >= 0.6 is 27.3 Å². The third kappa shape index (κ3) is 4.87. The van der Waals surface area contributed by atoms with Gasteiger partial charge in [-0.25, -0.2) is 0 Å². The van der Waals surface area contributed by atoms with E-state index >= 15 is 0 Å². The molecule has 0 aliphatic carbocycles. The summed E-state index contributed by atoms with van der Waals surface area (Å²) in [6.07, 6.45) is 1.98. The number of nitrogens with zero attached hydrogens (tertiary/aromatic N) is 1. The maximum Gasteiger partial charge on any atom is 0.234 e. The number of aliphatic hydroxyl groups is 1. The first-order valence-corrected chi connectivity index (χ1v) is 8.17. The van der Waals surface area contributed by atoms with E-state index in [1.54, 1.807) is 11.3 Å². The number of halogens is 1. The third-order valence-corrected chi connectivity index (χ3v) is 5.11. The highest BCUT2D eigenvalue weighted by Gasteiger charge is 2.19. The van der Waals surface area contributed by atoms with Crippen molar-refractivity contribution in [3.63, 3.8) is 0 Å². The number of aliphatic hydroxyl groups excluding tert-OH is 1. The number of likely N-dealkylation sites (tertiary alicyclic amines) is 1. The molecule has 2 heterocycles. The van der Waals surface area contributed by atoms with E-state index in [4.69, 9.17) is 5.11 Å². The average molecular weight is 347 g/mol. The Morgan fingerprint density at radius 3 is 2.84 bits per heavy atom. The Morgan fingerprint density at radius 2 is 2.26 bits per heavy atom. The molecule has 1 saturated heterocycles. The molecule has 0 radical (unpaired) electrons. The molecule has 0 spiro atoms. The van der Waals surface area contributed by atoms with Crippen molar-refractivity contribution in [2.24, 2.45) is 5.92 Å². The molecule has 19 heavy (non-hydrogen) atoms. The molecule has 1 aliphatic rings. The van der Waals surface area contributed by atoms with Crippen molar-refractivity contribution in [1.82, 2.24) is 10.2 Å². The van der Waals surface area contributed by atoms with Crippen LogP contribution in [0.3, 0.4) is 0 Å². The Balaban J connectivity index is 1.67. The van der Waals surface area contributed by atoms with E-state index in [-0.39, 0.29) is 12.5 Å². The Labute approximate surface area is 125 Å².